The number of pyridine rings is 1. The molecule has 0 unspecified atom stereocenters. The van der Waals surface area contributed by atoms with Gasteiger partial charge in [-0.3, -0.25) is 9.78 Å². The number of hydrogen-bond acceptors (Lipinski definition) is 5. The van der Waals surface area contributed by atoms with Gasteiger partial charge in [-0.15, -0.1) is 24.8 Å². The van der Waals surface area contributed by atoms with Crippen molar-refractivity contribution in [2.45, 2.75) is 63.0 Å². The molecule has 1 aliphatic carbocycles. The normalized spacial score (nSPS) is 21.2. The molecule has 0 radical (unpaired) electrons. The number of likely N-dealkylation sites (tertiary alicyclic amines) is 1. The van der Waals surface area contributed by atoms with E-state index >= 15 is 0 Å². The predicted octanol–water partition coefficient (Wildman–Crippen LogP) is 6.50. The summed E-state index contributed by atoms with van der Waals surface area (Å²) >= 11 is 2.11. The Morgan fingerprint density at radius 2 is 1.97 bits per heavy atom. The third-order valence-corrected chi connectivity index (χ3v) is 8.89. The highest BCUT2D eigenvalue weighted by Crippen LogP contribution is 2.31. The van der Waals surface area contributed by atoms with Crippen LogP contribution in [0.5, 0.6) is 5.75 Å². The molecule has 2 fully saturated rings. The maximum Gasteiger partial charge on any atom is 0.308 e. The van der Waals surface area contributed by atoms with Gasteiger partial charge in [-0.2, -0.15) is 11.8 Å². The number of nitrogens with zero attached hydrogens (tertiary/aromatic N) is 2. The molecule has 0 amide bonds. The van der Waals surface area contributed by atoms with Gasteiger partial charge in [0.05, 0.1) is 18.5 Å². The number of carboxylic acids is 1. The number of carboxylic acid groups (broad SMARTS) is 1. The molecular formula is C27H40Cl2N2O3S. The highest BCUT2D eigenvalue weighted by atomic mass is 35.5. The van der Waals surface area contributed by atoms with Crippen LogP contribution in [0.15, 0.2) is 30.5 Å². The first-order chi connectivity index (χ1) is 16.1. The molecule has 196 valence electrons. The van der Waals surface area contributed by atoms with Crippen molar-refractivity contribution in [3.05, 3.63) is 36.0 Å². The van der Waals surface area contributed by atoms with Crippen LogP contribution in [0.2, 0.25) is 0 Å². The van der Waals surface area contributed by atoms with Crippen LogP contribution in [0, 0.1) is 11.8 Å². The molecule has 2 aromatic rings. The minimum Gasteiger partial charge on any atom is -0.497 e. The maximum absolute atomic E-state index is 12.1. The highest BCUT2D eigenvalue weighted by Gasteiger charge is 2.33. The van der Waals surface area contributed by atoms with Crippen LogP contribution in [0.25, 0.3) is 10.9 Å². The summed E-state index contributed by atoms with van der Waals surface area (Å²) < 4.78 is 5.39. The van der Waals surface area contributed by atoms with E-state index in [4.69, 9.17) is 4.74 Å². The largest absolute Gasteiger partial charge is 0.497 e. The second-order valence-electron chi connectivity index (χ2n) is 9.67. The second kappa shape index (κ2) is 15.1. The molecule has 2 aliphatic rings. The molecule has 1 aliphatic heterocycles. The summed E-state index contributed by atoms with van der Waals surface area (Å²) in [6.45, 7) is 2.78. The molecular weight excluding hydrogens is 503 g/mol. The number of fused-ring (bicyclic) bond motifs is 1. The summed E-state index contributed by atoms with van der Waals surface area (Å²) in [5.41, 5.74) is 2.25. The SMILES string of the molecule is COc1ccc2nccc(CCC[C@@H]3CCN(CCSC4CCCCC4)C[C@@H]3C(=O)O)c2c1.Cl.Cl. The van der Waals surface area contributed by atoms with Gasteiger partial charge in [0.15, 0.2) is 0 Å². The van der Waals surface area contributed by atoms with Crippen LogP contribution < -0.4 is 4.74 Å². The first-order valence-corrected chi connectivity index (χ1v) is 13.7. The summed E-state index contributed by atoms with van der Waals surface area (Å²) in [7, 11) is 1.68. The van der Waals surface area contributed by atoms with Gasteiger partial charge in [-0.05, 0) is 80.8 Å². The number of rotatable bonds is 10. The third kappa shape index (κ3) is 8.41. The molecule has 5 nitrogen and oxygen atoms in total. The van der Waals surface area contributed by atoms with Crippen LogP contribution in [-0.4, -0.2) is 58.7 Å². The Bertz CT molecular complexity index is 926. The molecule has 1 N–H and O–H groups in total. The van der Waals surface area contributed by atoms with Crippen molar-refractivity contribution in [2.75, 3.05) is 32.5 Å². The Hall–Kier alpha value is -1.21. The summed E-state index contributed by atoms with van der Waals surface area (Å²) in [6, 6.07) is 8.09. The zero-order chi connectivity index (χ0) is 23.0. The fourth-order valence-corrected chi connectivity index (χ4v) is 6.92. The van der Waals surface area contributed by atoms with E-state index in [1.165, 1.54) is 37.7 Å². The molecule has 2 atom stereocenters. The lowest BCUT2D eigenvalue weighted by Gasteiger charge is -2.37. The molecule has 2 heterocycles. The number of piperidine rings is 1. The minimum absolute atomic E-state index is 0. The van der Waals surface area contributed by atoms with Crippen molar-refractivity contribution in [3.8, 4) is 5.75 Å². The lowest BCUT2D eigenvalue weighted by Crippen LogP contribution is -2.44. The van der Waals surface area contributed by atoms with E-state index in [1.54, 1.807) is 7.11 Å². The van der Waals surface area contributed by atoms with Gasteiger partial charge >= 0.3 is 5.97 Å². The van der Waals surface area contributed by atoms with E-state index in [-0.39, 0.29) is 36.6 Å². The van der Waals surface area contributed by atoms with Crippen LogP contribution >= 0.6 is 36.6 Å². The Labute approximate surface area is 226 Å². The van der Waals surface area contributed by atoms with Crippen LogP contribution in [0.4, 0.5) is 0 Å². The predicted molar refractivity (Wildman–Crippen MR) is 151 cm³/mol. The van der Waals surface area contributed by atoms with Crippen molar-refractivity contribution < 1.29 is 14.6 Å². The average Bonchev–Trinajstić information content (AvgIpc) is 2.85. The average molecular weight is 544 g/mol. The zero-order valence-corrected chi connectivity index (χ0v) is 23.1. The quantitative estimate of drug-likeness (QED) is 0.369. The summed E-state index contributed by atoms with van der Waals surface area (Å²) in [5.74, 6) is 1.39. The van der Waals surface area contributed by atoms with Crippen molar-refractivity contribution in [3.63, 3.8) is 0 Å². The number of aliphatic carboxylic acids is 1. The zero-order valence-electron chi connectivity index (χ0n) is 20.7. The molecule has 8 heteroatoms. The first kappa shape index (κ1) is 30.0. The number of thioether (sulfide) groups is 1. The summed E-state index contributed by atoms with van der Waals surface area (Å²) in [6.07, 6.45) is 12.7. The second-order valence-corrected chi connectivity index (χ2v) is 11.1. The van der Waals surface area contributed by atoms with Crippen molar-refractivity contribution in [1.82, 2.24) is 9.88 Å². The monoisotopic (exact) mass is 542 g/mol. The van der Waals surface area contributed by atoms with Gasteiger partial charge in [-0.25, -0.2) is 0 Å². The third-order valence-electron chi connectivity index (χ3n) is 7.53. The van der Waals surface area contributed by atoms with Crippen molar-refractivity contribution in [1.29, 1.82) is 0 Å². The molecule has 1 saturated heterocycles. The van der Waals surface area contributed by atoms with E-state index in [2.05, 4.69) is 33.8 Å². The lowest BCUT2D eigenvalue weighted by molar-refractivity contribution is -0.146. The van der Waals surface area contributed by atoms with E-state index in [9.17, 15) is 9.90 Å². The van der Waals surface area contributed by atoms with Crippen LogP contribution in [-0.2, 0) is 11.2 Å². The Balaban J connectivity index is 0.00000216. The molecule has 1 aromatic heterocycles. The van der Waals surface area contributed by atoms with Crippen molar-refractivity contribution in [2.24, 2.45) is 11.8 Å². The number of methoxy groups -OCH3 is 1. The number of benzene rings is 1. The van der Waals surface area contributed by atoms with E-state index in [0.29, 0.717) is 6.54 Å². The molecule has 1 aromatic carbocycles. The van der Waals surface area contributed by atoms with Crippen molar-refractivity contribution >= 4 is 53.4 Å². The smallest absolute Gasteiger partial charge is 0.308 e. The first-order valence-electron chi connectivity index (χ1n) is 12.6. The fraction of sp³-hybridized carbons (Fsp3) is 0.630. The van der Waals surface area contributed by atoms with E-state index in [0.717, 1.165) is 66.4 Å². The number of ether oxygens (including phenoxy) is 1. The van der Waals surface area contributed by atoms with E-state index in [1.807, 2.05) is 18.3 Å². The van der Waals surface area contributed by atoms with Gasteiger partial charge in [0, 0.05) is 35.7 Å². The number of halogens is 2. The van der Waals surface area contributed by atoms with E-state index < -0.39 is 5.97 Å². The standard InChI is InChI=1S/C27H38N2O3S.2ClH/c1-32-22-10-11-26-24(18-22)20(12-14-28-26)6-5-7-21-13-15-29(19-25(21)27(30)31)16-17-33-23-8-3-2-4-9-23;;/h10-12,14,18,21,23,25H,2-9,13,15-17,19H2,1H3,(H,30,31);2*1H/t21-,25+;;/m1../s1. The van der Waals surface area contributed by atoms with Gasteiger partial charge in [0.25, 0.3) is 0 Å². The Kier molecular flexibility index (Phi) is 13.0. The molecule has 35 heavy (non-hydrogen) atoms. The molecule has 0 bridgehead atoms. The molecule has 1 saturated carbocycles. The lowest BCUT2D eigenvalue weighted by atomic mass is 9.81. The number of hydrogen-bond donors (Lipinski definition) is 1. The number of aryl methyl sites for hydroxylation is 1. The summed E-state index contributed by atoms with van der Waals surface area (Å²) in [4.78, 5) is 18.9. The molecule has 0 spiro atoms. The molecule has 4 rings (SSSR count). The topological polar surface area (TPSA) is 62.7 Å². The number of carbonyl (C=O) groups is 1. The fourth-order valence-electron chi connectivity index (χ4n) is 5.56. The summed E-state index contributed by atoms with van der Waals surface area (Å²) in [5, 5.41) is 11.9. The maximum atomic E-state index is 12.1. The van der Waals surface area contributed by atoms with Crippen LogP contribution in [0.3, 0.4) is 0 Å². The van der Waals surface area contributed by atoms with Gasteiger partial charge < -0.3 is 14.7 Å². The van der Waals surface area contributed by atoms with Crippen LogP contribution in [0.1, 0.15) is 56.9 Å². The Morgan fingerprint density at radius 3 is 2.71 bits per heavy atom. The highest BCUT2D eigenvalue weighted by molar-refractivity contribution is 7.99. The van der Waals surface area contributed by atoms with Gasteiger partial charge in [0.2, 0.25) is 0 Å². The minimum atomic E-state index is -0.622. The van der Waals surface area contributed by atoms with Gasteiger partial charge in [-0.1, -0.05) is 19.3 Å². The Morgan fingerprint density at radius 1 is 1.17 bits per heavy atom. The number of aromatic nitrogens is 1. The van der Waals surface area contributed by atoms with Gasteiger partial charge in [0.1, 0.15) is 5.75 Å².